The summed E-state index contributed by atoms with van der Waals surface area (Å²) in [7, 11) is 0. The molecule has 2 aliphatic carbocycles. The SMILES string of the molecule is C=C(C)C[C@@H]1CC[C@@H]2CCCC[C@H]2C1=O. The van der Waals surface area contributed by atoms with Gasteiger partial charge in [-0.15, -0.1) is 6.58 Å². The van der Waals surface area contributed by atoms with Crippen molar-refractivity contribution in [2.45, 2.75) is 51.9 Å². The van der Waals surface area contributed by atoms with Gasteiger partial charge in [-0.3, -0.25) is 4.79 Å². The fraction of sp³-hybridized carbons (Fsp3) is 0.786. The molecule has 0 aromatic heterocycles. The molecule has 1 nitrogen and oxygen atoms in total. The Bertz CT molecular complexity index is 267. The maximum absolute atomic E-state index is 12.3. The minimum atomic E-state index is 0.307. The van der Waals surface area contributed by atoms with Crippen molar-refractivity contribution in [3.05, 3.63) is 12.2 Å². The summed E-state index contributed by atoms with van der Waals surface area (Å²) in [5, 5.41) is 0. The van der Waals surface area contributed by atoms with Crippen molar-refractivity contribution < 1.29 is 4.79 Å². The summed E-state index contributed by atoms with van der Waals surface area (Å²) in [6, 6.07) is 0. The highest BCUT2D eigenvalue weighted by atomic mass is 16.1. The lowest BCUT2D eigenvalue weighted by molar-refractivity contribution is -0.132. The number of rotatable bonds is 2. The van der Waals surface area contributed by atoms with Crippen LogP contribution in [0.25, 0.3) is 0 Å². The molecule has 2 fully saturated rings. The van der Waals surface area contributed by atoms with E-state index in [1.54, 1.807) is 0 Å². The normalized spacial score (nSPS) is 36.1. The van der Waals surface area contributed by atoms with Crippen LogP contribution in [-0.2, 0) is 4.79 Å². The molecule has 0 heterocycles. The highest BCUT2D eigenvalue weighted by molar-refractivity contribution is 5.84. The molecule has 0 radical (unpaired) electrons. The van der Waals surface area contributed by atoms with Gasteiger partial charge < -0.3 is 0 Å². The van der Waals surface area contributed by atoms with Crippen LogP contribution in [0.4, 0.5) is 0 Å². The summed E-state index contributed by atoms with van der Waals surface area (Å²) < 4.78 is 0. The van der Waals surface area contributed by atoms with E-state index in [1.807, 2.05) is 6.92 Å². The number of carbonyl (C=O) groups is 1. The molecule has 0 aromatic rings. The van der Waals surface area contributed by atoms with Gasteiger partial charge in [-0.25, -0.2) is 0 Å². The van der Waals surface area contributed by atoms with Crippen LogP contribution in [0.5, 0.6) is 0 Å². The van der Waals surface area contributed by atoms with Gasteiger partial charge in [-0.2, -0.15) is 0 Å². The molecule has 2 aliphatic rings. The molecule has 1 heteroatoms. The third-order valence-corrected chi connectivity index (χ3v) is 4.16. The molecule has 3 atom stereocenters. The standard InChI is InChI=1S/C14H22O/c1-10(2)9-12-8-7-11-5-3-4-6-13(11)14(12)15/h11-13H,1,3-9H2,2H3/t11-,12-,13+/m0/s1. The molecule has 0 aromatic carbocycles. The smallest absolute Gasteiger partial charge is 0.139 e. The lowest BCUT2D eigenvalue weighted by atomic mass is 9.66. The minimum Gasteiger partial charge on any atom is -0.299 e. The average Bonchev–Trinajstić information content (AvgIpc) is 2.22. The second-order valence-electron chi connectivity index (χ2n) is 5.49. The third kappa shape index (κ3) is 2.32. The Morgan fingerprint density at radius 3 is 2.73 bits per heavy atom. The Balaban J connectivity index is 2.01. The first-order valence-corrected chi connectivity index (χ1v) is 6.36. The number of hydrogen-bond acceptors (Lipinski definition) is 1. The second kappa shape index (κ2) is 4.51. The Morgan fingerprint density at radius 1 is 1.27 bits per heavy atom. The summed E-state index contributed by atoms with van der Waals surface area (Å²) in [5.74, 6) is 2.01. The van der Waals surface area contributed by atoms with Crippen LogP contribution in [0.3, 0.4) is 0 Å². The van der Waals surface area contributed by atoms with Gasteiger partial charge in [-0.05, 0) is 44.9 Å². The molecule has 0 N–H and O–H groups in total. The van der Waals surface area contributed by atoms with E-state index in [-0.39, 0.29) is 0 Å². The number of hydrogen-bond donors (Lipinski definition) is 0. The summed E-state index contributed by atoms with van der Waals surface area (Å²) in [6.45, 7) is 5.98. The Morgan fingerprint density at radius 2 is 2.00 bits per heavy atom. The van der Waals surface area contributed by atoms with Crippen LogP contribution in [0.2, 0.25) is 0 Å². The molecular formula is C14H22O. The van der Waals surface area contributed by atoms with Crippen molar-refractivity contribution in [1.82, 2.24) is 0 Å². The maximum Gasteiger partial charge on any atom is 0.139 e. The van der Waals surface area contributed by atoms with E-state index in [4.69, 9.17) is 0 Å². The summed E-state index contributed by atoms with van der Waals surface area (Å²) in [5.41, 5.74) is 1.17. The van der Waals surface area contributed by atoms with Gasteiger partial charge in [0.05, 0.1) is 0 Å². The summed E-state index contributed by atoms with van der Waals surface area (Å²) in [6.07, 6.45) is 8.42. The average molecular weight is 206 g/mol. The molecule has 0 spiro atoms. The number of ketones is 1. The fourth-order valence-corrected chi connectivity index (χ4v) is 3.41. The fourth-order valence-electron chi connectivity index (χ4n) is 3.41. The number of carbonyl (C=O) groups excluding carboxylic acids is 1. The Hall–Kier alpha value is -0.590. The zero-order valence-corrected chi connectivity index (χ0v) is 9.80. The largest absolute Gasteiger partial charge is 0.299 e. The zero-order chi connectivity index (χ0) is 10.8. The van der Waals surface area contributed by atoms with Crippen molar-refractivity contribution >= 4 is 5.78 Å². The van der Waals surface area contributed by atoms with Crippen molar-refractivity contribution in [3.63, 3.8) is 0 Å². The quantitative estimate of drug-likeness (QED) is 0.629. The van der Waals surface area contributed by atoms with E-state index < -0.39 is 0 Å². The molecule has 0 bridgehead atoms. The molecule has 0 unspecified atom stereocenters. The van der Waals surface area contributed by atoms with Gasteiger partial charge >= 0.3 is 0 Å². The molecule has 0 saturated heterocycles. The highest BCUT2D eigenvalue weighted by Crippen LogP contribution is 2.41. The van der Waals surface area contributed by atoms with Gasteiger partial charge in [0.2, 0.25) is 0 Å². The van der Waals surface area contributed by atoms with Crippen molar-refractivity contribution in [2.24, 2.45) is 17.8 Å². The third-order valence-electron chi connectivity index (χ3n) is 4.16. The van der Waals surface area contributed by atoms with Gasteiger partial charge in [0.15, 0.2) is 0 Å². The topological polar surface area (TPSA) is 17.1 Å². The predicted octanol–water partition coefficient (Wildman–Crippen LogP) is 3.74. The van der Waals surface area contributed by atoms with Crippen LogP contribution in [0.15, 0.2) is 12.2 Å². The van der Waals surface area contributed by atoms with Gasteiger partial charge in [0.1, 0.15) is 5.78 Å². The van der Waals surface area contributed by atoms with Crippen molar-refractivity contribution in [1.29, 1.82) is 0 Å². The molecule has 0 aliphatic heterocycles. The van der Waals surface area contributed by atoms with E-state index in [0.29, 0.717) is 17.6 Å². The predicted molar refractivity (Wildman–Crippen MR) is 62.6 cm³/mol. The number of allylic oxidation sites excluding steroid dienone is 1. The van der Waals surface area contributed by atoms with E-state index in [0.717, 1.165) is 25.2 Å². The first kappa shape index (κ1) is 10.9. The number of Topliss-reactive ketones (excluding diaryl/α,β-unsaturated/α-hetero) is 1. The van der Waals surface area contributed by atoms with Crippen LogP contribution in [0.1, 0.15) is 51.9 Å². The van der Waals surface area contributed by atoms with Gasteiger partial charge in [0, 0.05) is 11.8 Å². The van der Waals surface area contributed by atoms with Crippen molar-refractivity contribution in [2.75, 3.05) is 0 Å². The van der Waals surface area contributed by atoms with E-state index in [9.17, 15) is 4.79 Å². The Labute approximate surface area is 92.9 Å². The number of fused-ring (bicyclic) bond motifs is 1. The lowest BCUT2D eigenvalue weighted by Gasteiger charge is -2.38. The second-order valence-corrected chi connectivity index (χ2v) is 5.49. The highest BCUT2D eigenvalue weighted by Gasteiger charge is 2.38. The van der Waals surface area contributed by atoms with Gasteiger partial charge in [-0.1, -0.05) is 18.4 Å². The zero-order valence-electron chi connectivity index (χ0n) is 9.80. The molecule has 15 heavy (non-hydrogen) atoms. The maximum atomic E-state index is 12.3. The Kier molecular flexibility index (Phi) is 3.28. The van der Waals surface area contributed by atoms with E-state index in [2.05, 4.69) is 6.58 Å². The lowest BCUT2D eigenvalue weighted by Crippen LogP contribution is -2.37. The summed E-state index contributed by atoms with van der Waals surface area (Å²) >= 11 is 0. The van der Waals surface area contributed by atoms with Crippen LogP contribution < -0.4 is 0 Å². The van der Waals surface area contributed by atoms with Crippen LogP contribution >= 0.6 is 0 Å². The molecule has 2 rings (SSSR count). The molecule has 2 saturated carbocycles. The van der Waals surface area contributed by atoms with E-state index in [1.165, 1.54) is 31.3 Å². The first-order chi connectivity index (χ1) is 7.18. The minimum absolute atomic E-state index is 0.307. The van der Waals surface area contributed by atoms with Crippen molar-refractivity contribution in [3.8, 4) is 0 Å². The first-order valence-electron chi connectivity index (χ1n) is 6.36. The van der Waals surface area contributed by atoms with Crippen LogP contribution in [0, 0.1) is 17.8 Å². The molecular weight excluding hydrogens is 184 g/mol. The summed E-state index contributed by atoms with van der Waals surface area (Å²) in [4.78, 5) is 12.3. The van der Waals surface area contributed by atoms with E-state index >= 15 is 0 Å². The van der Waals surface area contributed by atoms with Gasteiger partial charge in [0.25, 0.3) is 0 Å². The molecule has 0 amide bonds. The molecule has 84 valence electrons. The monoisotopic (exact) mass is 206 g/mol. The van der Waals surface area contributed by atoms with Crippen LogP contribution in [-0.4, -0.2) is 5.78 Å².